The quantitative estimate of drug-likeness (QED) is 0.392. The van der Waals surface area contributed by atoms with E-state index in [1.807, 2.05) is 0 Å². The average Bonchev–Trinajstić information content (AvgIpc) is 2.90. The van der Waals surface area contributed by atoms with Gasteiger partial charge in [-0.1, -0.05) is 17.7 Å². The molecule has 0 heterocycles. The van der Waals surface area contributed by atoms with E-state index in [2.05, 4.69) is 16.2 Å². The summed E-state index contributed by atoms with van der Waals surface area (Å²) in [4.78, 5) is 38.0. The molecule has 3 aromatic carbocycles. The highest BCUT2D eigenvalue weighted by atomic mass is 35.5. The molecule has 0 saturated carbocycles. The largest absolute Gasteiger partial charge is 0.496 e. The van der Waals surface area contributed by atoms with Gasteiger partial charge in [-0.05, 0) is 48.5 Å². The fourth-order valence-corrected chi connectivity index (χ4v) is 3.44. The number of halogens is 1. The minimum Gasteiger partial charge on any atom is -0.496 e. The van der Waals surface area contributed by atoms with Gasteiger partial charge in [0.05, 0.1) is 34.0 Å². The molecule has 3 aromatic rings. The van der Waals surface area contributed by atoms with Gasteiger partial charge in [-0.3, -0.25) is 25.2 Å². The Morgan fingerprint density at radius 2 is 1.28 bits per heavy atom. The van der Waals surface area contributed by atoms with Gasteiger partial charge in [0, 0.05) is 21.8 Å². The highest BCUT2D eigenvalue weighted by molar-refractivity contribution is 6.31. The third-order valence-electron chi connectivity index (χ3n) is 5.01. The van der Waals surface area contributed by atoms with E-state index >= 15 is 0 Å². The summed E-state index contributed by atoms with van der Waals surface area (Å²) in [5, 5.41) is 3.07. The summed E-state index contributed by atoms with van der Waals surface area (Å²) in [7, 11) is 5.74. The number of methoxy groups -OCH3 is 4. The van der Waals surface area contributed by atoms with Gasteiger partial charge in [-0.15, -0.1) is 0 Å². The van der Waals surface area contributed by atoms with Gasteiger partial charge in [0.25, 0.3) is 17.7 Å². The smallest absolute Gasteiger partial charge is 0.269 e. The lowest BCUT2D eigenvalue weighted by molar-refractivity contribution is 0.0846. The van der Waals surface area contributed by atoms with Gasteiger partial charge in [-0.25, -0.2) is 0 Å². The van der Waals surface area contributed by atoms with E-state index in [9.17, 15) is 14.4 Å². The number of rotatable bonds is 8. The molecular weight excluding hydrogens is 490 g/mol. The Morgan fingerprint density at radius 3 is 1.86 bits per heavy atom. The summed E-state index contributed by atoms with van der Waals surface area (Å²) < 4.78 is 20.9. The first-order valence-electron chi connectivity index (χ1n) is 10.5. The summed E-state index contributed by atoms with van der Waals surface area (Å²) in [6.45, 7) is 0. The fourth-order valence-electron chi connectivity index (χ4n) is 3.26. The van der Waals surface area contributed by atoms with Crippen molar-refractivity contribution >= 4 is 35.0 Å². The van der Waals surface area contributed by atoms with E-state index in [1.165, 1.54) is 58.8 Å². The summed E-state index contributed by atoms with van der Waals surface area (Å²) in [6.07, 6.45) is 0. The van der Waals surface area contributed by atoms with Gasteiger partial charge in [0.2, 0.25) is 5.75 Å². The van der Waals surface area contributed by atoms with Gasteiger partial charge in [-0.2, -0.15) is 0 Å². The van der Waals surface area contributed by atoms with Gasteiger partial charge in [0.1, 0.15) is 5.75 Å². The predicted molar refractivity (Wildman–Crippen MR) is 133 cm³/mol. The van der Waals surface area contributed by atoms with E-state index in [-0.39, 0.29) is 28.2 Å². The molecule has 11 heteroatoms. The van der Waals surface area contributed by atoms with Crippen molar-refractivity contribution < 1.29 is 33.3 Å². The van der Waals surface area contributed by atoms with E-state index in [0.717, 1.165) is 0 Å². The topological polar surface area (TPSA) is 124 Å². The van der Waals surface area contributed by atoms with Crippen LogP contribution >= 0.6 is 11.6 Å². The van der Waals surface area contributed by atoms with Crippen LogP contribution < -0.4 is 35.1 Å². The summed E-state index contributed by atoms with van der Waals surface area (Å²) in [6, 6.07) is 13.7. The molecule has 0 aliphatic heterocycles. The highest BCUT2D eigenvalue weighted by Crippen LogP contribution is 2.38. The van der Waals surface area contributed by atoms with E-state index in [4.69, 9.17) is 30.5 Å². The molecule has 0 unspecified atom stereocenters. The van der Waals surface area contributed by atoms with Crippen molar-refractivity contribution in [2.75, 3.05) is 33.8 Å². The van der Waals surface area contributed by atoms with Crippen molar-refractivity contribution in [3.8, 4) is 23.0 Å². The zero-order chi connectivity index (χ0) is 26.2. The van der Waals surface area contributed by atoms with Gasteiger partial charge >= 0.3 is 0 Å². The normalized spacial score (nSPS) is 10.1. The molecule has 36 heavy (non-hydrogen) atoms. The molecule has 3 amide bonds. The van der Waals surface area contributed by atoms with Crippen molar-refractivity contribution in [1.29, 1.82) is 0 Å². The van der Waals surface area contributed by atoms with Crippen LogP contribution in [0.1, 0.15) is 31.1 Å². The summed E-state index contributed by atoms with van der Waals surface area (Å²) in [5.74, 6) is -0.439. The molecule has 0 aliphatic rings. The monoisotopic (exact) mass is 513 g/mol. The number of nitrogens with one attached hydrogen (secondary N) is 3. The lowest BCUT2D eigenvalue weighted by Crippen LogP contribution is -2.41. The van der Waals surface area contributed by atoms with Gasteiger partial charge in [0.15, 0.2) is 11.5 Å². The lowest BCUT2D eigenvalue weighted by Gasteiger charge is -2.14. The van der Waals surface area contributed by atoms with Crippen molar-refractivity contribution in [1.82, 2.24) is 10.9 Å². The van der Waals surface area contributed by atoms with Crippen LogP contribution in [0.4, 0.5) is 5.69 Å². The number of hydrazine groups is 1. The maximum Gasteiger partial charge on any atom is 0.269 e. The third kappa shape index (κ3) is 5.97. The second kappa shape index (κ2) is 11.8. The Balaban J connectivity index is 1.70. The lowest BCUT2D eigenvalue weighted by atomic mass is 10.1. The van der Waals surface area contributed by atoms with Crippen LogP contribution in [0.15, 0.2) is 54.6 Å². The van der Waals surface area contributed by atoms with Crippen LogP contribution in [0.25, 0.3) is 0 Å². The standard InChI is InChI=1S/C25H24ClN3O7/c1-33-19-9-8-16(26)13-18(19)25(32)27-17-7-5-6-14(10-17)23(30)28-29-24(31)15-11-20(34-2)22(36-4)21(12-15)35-3/h5-13H,1-4H3,(H,27,32)(H,28,30)(H,29,31). The predicted octanol–water partition coefficient (Wildman–Crippen LogP) is 3.70. The molecule has 3 rings (SSSR count). The number of carbonyl (C=O) groups excluding carboxylic acids is 3. The second-order valence-electron chi connectivity index (χ2n) is 7.20. The molecule has 0 aliphatic carbocycles. The molecule has 0 aromatic heterocycles. The van der Waals surface area contributed by atoms with E-state index in [0.29, 0.717) is 22.2 Å². The molecule has 0 bridgehead atoms. The first-order chi connectivity index (χ1) is 17.3. The van der Waals surface area contributed by atoms with Crippen LogP contribution in [-0.2, 0) is 0 Å². The fraction of sp³-hybridized carbons (Fsp3) is 0.160. The van der Waals surface area contributed by atoms with Crippen LogP contribution in [-0.4, -0.2) is 46.2 Å². The molecule has 10 nitrogen and oxygen atoms in total. The van der Waals surface area contributed by atoms with E-state index < -0.39 is 17.7 Å². The minimum atomic E-state index is -0.611. The van der Waals surface area contributed by atoms with E-state index in [1.54, 1.807) is 24.3 Å². The minimum absolute atomic E-state index is 0.168. The Labute approximate surface area is 212 Å². The first-order valence-corrected chi connectivity index (χ1v) is 10.8. The van der Waals surface area contributed by atoms with Crippen LogP contribution in [0.3, 0.4) is 0 Å². The van der Waals surface area contributed by atoms with Crippen LogP contribution in [0.2, 0.25) is 5.02 Å². The number of hydrogen-bond donors (Lipinski definition) is 3. The Bertz CT molecular complexity index is 1270. The zero-order valence-corrected chi connectivity index (χ0v) is 20.7. The number of hydrogen-bond acceptors (Lipinski definition) is 7. The second-order valence-corrected chi connectivity index (χ2v) is 7.64. The number of amides is 3. The molecule has 0 atom stereocenters. The number of benzene rings is 3. The summed E-state index contributed by atoms with van der Waals surface area (Å²) in [5.41, 5.74) is 5.62. The summed E-state index contributed by atoms with van der Waals surface area (Å²) >= 11 is 6.00. The number of anilines is 1. The third-order valence-corrected chi connectivity index (χ3v) is 5.24. The van der Waals surface area contributed by atoms with Crippen molar-refractivity contribution in [3.05, 3.63) is 76.3 Å². The van der Waals surface area contributed by atoms with Crippen LogP contribution in [0.5, 0.6) is 23.0 Å². The molecule has 0 saturated heterocycles. The molecule has 0 spiro atoms. The Hall–Kier alpha value is -4.44. The SMILES string of the molecule is COc1ccc(Cl)cc1C(=O)Nc1cccc(C(=O)NNC(=O)c2cc(OC)c(OC)c(OC)c2)c1. The average molecular weight is 514 g/mol. The highest BCUT2D eigenvalue weighted by Gasteiger charge is 2.18. The van der Waals surface area contributed by atoms with Crippen LogP contribution in [0, 0.1) is 0 Å². The maximum atomic E-state index is 12.7. The number of ether oxygens (including phenoxy) is 4. The molecule has 0 fully saturated rings. The van der Waals surface area contributed by atoms with Crippen molar-refractivity contribution in [2.24, 2.45) is 0 Å². The molecule has 188 valence electrons. The number of carbonyl (C=O) groups is 3. The Kier molecular flexibility index (Phi) is 8.58. The molecule has 3 N–H and O–H groups in total. The Morgan fingerprint density at radius 1 is 0.667 bits per heavy atom. The molecule has 0 radical (unpaired) electrons. The molecular formula is C25H24ClN3O7. The first kappa shape index (κ1) is 26.2. The van der Waals surface area contributed by atoms with Gasteiger partial charge < -0.3 is 24.3 Å². The maximum absolute atomic E-state index is 12.7. The zero-order valence-electron chi connectivity index (χ0n) is 19.9. The van der Waals surface area contributed by atoms with Crippen molar-refractivity contribution in [3.63, 3.8) is 0 Å². The van der Waals surface area contributed by atoms with Crippen molar-refractivity contribution in [2.45, 2.75) is 0 Å².